The van der Waals surface area contributed by atoms with Gasteiger partial charge in [-0.3, -0.25) is 5.41 Å². The highest BCUT2D eigenvalue weighted by Gasteiger charge is 2.29. The van der Waals surface area contributed by atoms with Crippen molar-refractivity contribution in [1.29, 1.82) is 5.41 Å². The molecule has 3 nitrogen and oxygen atoms in total. The first-order chi connectivity index (χ1) is 8.13. The van der Waals surface area contributed by atoms with Gasteiger partial charge in [0.15, 0.2) is 0 Å². The molecule has 1 fully saturated rings. The molecule has 0 radical (unpaired) electrons. The third kappa shape index (κ3) is 2.80. The Kier molecular flexibility index (Phi) is 3.72. The first kappa shape index (κ1) is 12.4. The fraction of sp³-hybridized carbons (Fsp3) is 0.462. The summed E-state index contributed by atoms with van der Waals surface area (Å²) in [7, 11) is 0. The van der Waals surface area contributed by atoms with Gasteiger partial charge in [0.05, 0.1) is 5.69 Å². The van der Waals surface area contributed by atoms with Crippen molar-refractivity contribution in [2.24, 2.45) is 5.73 Å². The third-order valence-corrected chi connectivity index (χ3v) is 3.66. The Morgan fingerprint density at radius 1 is 1.53 bits per heavy atom. The fourth-order valence-electron chi connectivity index (χ4n) is 2.03. The third-order valence-electron chi connectivity index (χ3n) is 3.02. The predicted molar refractivity (Wildman–Crippen MR) is 75.8 cm³/mol. The second-order valence-corrected chi connectivity index (χ2v) is 5.36. The van der Waals surface area contributed by atoms with E-state index in [1.54, 1.807) is 0 Å². The number of nitrogens with one attached hydrogen (secondary N) is 1. The van der Waals surface area contributed by atoms with Gasteiger partial charge in [0.25, 0.3) is 0 Å². The van der Waals surface area contributed by atoms with Crippen LogP contribution in [0.15, 0.2) is 22.7 Å². The Morgan fingerprint density at radius 2 is 2.24 bits per heavy atom. The number of nitrogens with zero attached hydrogens (tertiary/aromatic N) is 1. The predicted octanol–water partition coefficient (Wildman–Crippen LogP) is 3.11. The van der Waals surface area contributed by atoms with E-state index in [-0.39, 0.29) is 5.84 Å². The molecule has 1 aliphatic rings. The van der Waals surface area contributed by atoms with E-state index in [1.165, 1.54) is 18.5 Å². The van der Waals surface area contributed by atoms with Gasteiger partial charge in [-0.1, -0.05) is 6.92 Å². The van der Waals surface area contributed by atoms with Gasteiger partial charge in [-0.15, -0.1) is 0 Å². The standard InChI is InChI=1S/C13H18BrN3/c1-2-7-17(10-4-5-10)12-6-3-9(13(15)16)8-11(12)14/h3,6,8,10H,2,4-5,7H2,1H3,(H3,15,16). The largest absolute Gasteiger partial charge is 0.384 e. The maximum atomic E-state index is 7.43. The molecule has 3 N–H and O–H groups in total. The maximum absolute atomic E-state index is 7.43. The van der Waals surface area contributed by atoms with Gasteiger partial charge >= 0.3 is 0 Å². The molecule has 17 heavy (non-hydrogen) atoms. The number of rotatable bonds is 5. The summed E-state index contributed by atoms with van der Waals surface area (Å²) in [5, 5.41) is 7.43. The van der Waals surface area contributed by atoms with Crippen molar-refractivity contribution in [3.8, 4) is 0 Å². The lowest BCUT2D eigenvalue weighted by atomic mass is 10.1. The van der Waals surface area contributed by atoms with Gasteiger partial charge < -0.3 is 10.6 Å². The lowest BCUT2D eigenvalue weighted by molar-refractivity contribution is 0.761. The average Bonchev–Trinajstić information content (AvgIpc) is 3.10. The van der Waals surface area contributed by atoms with Crippen LogP contribution in [0.3, 0.4) is 0 Å². The minimum absolute atomic E-state index is 0.116. The molecule has 4 heteroatoms. The summed E-state index contributed by atoms with van der Waals surface area (Å²) < 4.78 is 1.03. The molecule has 0 spiro atoms. The Labute approximate surface area is 111 Å². The quantitative estimate of drug-likeness (QED) is 0.648. The number of amidine groups is 1. The zero-order valence-corrected chi connectivity index (χ0v) is 11.6. The van der Waals surface area contributed by atoms with Gasteiger partial charge in [0, 0.05) is 22.6 Å². The lowest BCUT2D eigenvalue weighted by Crippen LogP contribution is -2.26. The Hall–Kier alpha value is -1.03. The monoisotopic (exact) mass is 295 g/mol. The second kappa shape index (κ2) is 5.08. The van der Waals surface area contributed by atoms with E-state index < -0.39 is 0 Å². The lowest BCUT2D eigenvalue weighted by Gasteiger charge is -2.25. The van der Waals surface area contributed by atoms with Crippen LogP contribution in [0, 0.1) is 5.41 Å². The molecule has 0 atom stereocenters. The van der Waals surface area contributed by atoms with E-state index >= 15 is 0 Å². The fourth-order valence-corrected chi connectivity index (χ4v) is 2.64. The SMILES string of the molecule is CCCN(c1ccc(C(=N)N)cc1Br)C1CC1. The average molecular weight is 296 g/mol. The van der Waals surface area contributed by atoms with Crippen LogP contribution in [0.25, 0.3) is 0 Å². The van der Waals surface area contributed by atoms with Gasteiger partial charge in [-0.05, 0) is 53.4 Å². The highest BCUT2D eigenvalue weighted by molar-refractivity contribution is 9.10. The molecule has 1 aromatic carbocycles. The number of nitrogen functional groups attached to an aromatic ring is 1. The van der Waals surface area contributed by atoms with E-state index in [1.807, 2.05) is 12.1 Å². The number of halogens is 1. The summed E-state index contributed by atoms with van der Waals surface area (Å²) in [6.07, 6.45) is 3.74. The van der Waals surface area contributed by atoms with Gasteiger partial charge in [-0.25, -0.2) is 0 Å². The molecule has 0 heterocycles. The number of nitrogens with two attached hydrogens (primary N) is 1. The highest BCUT2D eigenvalue weighted by atomic mass is 79.9. The number of benzene rings is 1. The van der Waals surface area contributed by atoms with Crippen molar-refractivity contribution in [2.45, 2.75) is 32.2 Å². The van der Waals surface area contributed by atoms with Crippen molar-refractivity contribution in [3.63, 3.8) is 0 Å². The van der Waals surface area contributed by atoms with E-state index in [4.69, 9.17) is 11.1 Å². The summed E-state index contributed by atoms with van der Waals surface area (Å²) in [4.78, 5) is 2.45. The second-order valence-electron chi connectivity index (χ2n) is 4.50. The maximum Gasteiger partial charge on any atom is 0.122 e. The normalized spacial score (nSPS) is 14.7. The molecule has 1 aliphatic carbocycles. The van der Waals surface area contributed by atoms with Gasteiger partial charge in [0.1, 0.15) is 5.84 Å². The molecular formula is C13H18BrN3. The molecule has 0 bridgehead atoms. The van der Waals surface area contributed by atoms with E-state index in [0.29, 0.717) is 6.04 Å². The summed E-state index contributed by atoms with van der Waals surface area (Å²) in [6, 6.07) is 6.62. The van der Waals surface area contributed by atoms with E-state index in [9.17, 15) is 0 Å². The molecule has 0 amide bonds. The summed E-state index contributed by atoms with van der Waals surface area (Å²) in [5.41, 5.74) is 7.48. The van der Waals surface area contributed by atoms with Gasteiger partial charge in [-0.2, -0.15) is 0 Å². The molecule has 0 aromatic heterocycles. The molecule has 0 unspecified atom stereocenters. The molecule has 2 rings (SSSR count). The van der Waals surface area contributed by atoms with Crippen molar-refractivity contribution in [2.75, 3.05) is 11.4 Å². The van der Waals surface area contributed by atoms with Crippen LogP contribution in [-0.2, 0) is 0 Å². The van der Waals surface area contributed by atoms with Crippen LogP contribution in [0.1, 0.15) is 31.7 Å². The number of anilines is 1. The van der Waals surface area contributed by atoms with Crippen LogP contribution in [0.4, 0.5) is 5.69 Å². The van der Waals surface area contributed by atoms with Crippen LogP contribution >= 0.6 is 15.9 Å². The number of hydrogen-bond donors (Lipinski definition) is 2. The van der Waals surface area contributed by atoms with Crippen molar-refractivity contribution in [1.82, 2.24) is 0 Å². The van der Waals surface area contributed by atoms with Crippen LogP contribution in [-0.4, -0.2) is 18.4 Å². The smallest absolute Gasteiger partial charge is 0.122 e. The molecule has 1 aromatic rings. The van der Waals surface area contributed by atoms with E-state index in [0.717, 1.165) is 23.0 Å². The molecule has 1 saturated carbocycles. The van der Waals surface area contributed by atoms with E-state index in [2.05, 4.69) is 33.8 Å². The van der Waals surface area contributed by atoms with Gasteiger partial charge in [0.2, 0.25) is 0 Å². The first-order valence-electron chi connectivity index (χ1n) is 6.04. The molecule has 0 aliphatic heterocycles. The van der Waals surface area contributed by atoms with Crippen molar-refractivity contribution < 1.29 is 0 Å². The zero-order valence-electron chi connectivity index (χ0n) is 10.0. The first-order valence-corrected chi connectivity index (χ1v) is 6.83. The van der Waals surface area contributed by atoms with Crippen LogP contribution < -0.4 is 10.6 Å². The molecule has 92 valence electrons. The summed E-state index contributed by atoms with van der Waals surface area (Å²) in [6.45, 7) is 3.29. The minimum atomic E-state index is 0.116. The number of hydrogen-bond acceptors (Lipinski definition) is 2. The Bertz CT molecular complexity index is 427. The Morgan fingerprint density at radius 3 is 2.71 bits per heavy atom. The summed E-state index contributed by atoms with van der Waals surface area (Å²) >= 11 is 3.59. The molecular weight excluding hydrogens is 278 g/mol. The summed E-state index contributed by atoms with van der Waals surface area (Å²) in [5.74, 6) is 0.116. The van der Waals surface area contributed by atoms with Crippen molar-refractivity contribution >= 4 is 27.5 Å². The Balaban J connectivity index is 2.27. The molecule has 0 saturated heterocycles. The van der Waals surface area contributed by atoms with Crippen LogP contribution in [0.5, 0.6) is 0 Å². The topological polar surface area (TPSA) is 53.1 Å². The minimum Gasteiger partial charge on any atom is -0.384 e. The van der Waals surface area contributed by atoms with Crippen molar-refractivity contribution in [3.05, 3.63) is 28.2 Å². The highest BCUT2D eigenvalue weighted by Crippen LogP contribution is 2.36. The zero-order chi connectivity index (χ0) is 12.4. The van der Waals surface area contributed by atoms with Crippen LogP contribution in [0.2, 0.25) is 0 Å².